The fourth-order valence-electron chi connectivity index (χ4n) is 2.24. The molecule has 23 heavy (non-hydrogen) atoms. The molecule has 2 heterocycles. The van der Waals surface area contributed by atoms with E-state index in [0.29, 0.717) is 6.54 Å². The second kappa shape index (κ2) is 5.83. The van der Waals surface area contributed by atoms with Gasteiger partial charge in [-0.15, -0.1) is 5.10 Å². The van der Waals surface area contributed by atoms with Gasteiger partial charge >= 0.3 is 0 Å². The molecule has 1 N–H and O–H groups in total. The monoisotopic (exact) mass is 311 g/mol. The number of benzene rings is 1. The summed E-state index contributed by atoms with van der Waals surface area (Å²) in [5, 5.41) is 19.4. The van der Waals surface area contributed by atoms with Crippen LogP contribution in [0.2, 0.25) is 0 Å². The lowest BCUT2D eigenvalue weighted by molar-refractivity contribution is 0.355. The molecule has 7 nitrogen and oxygen atoms in total. The summed E-state index contributed by atoms with van der Waals surface area (Å²) >= 11 is 0. The first-order valence-electron chi connectivity index (χ1n) is 7.57. The number of tetrazole rings is 1. The Morgan fingerprint density at radius 2 is 2.04 bits per heavy atom. The average Bonchev–Trinajstić information content (AvgIpc) is 3.14. The highest BCUT2D eigenvalue weighted by atomic mass is 15.5. The molecule has 0 aliphatic heterocycles. The van der Waals surface area contributed by atoms with Gasteiger partial charge in [-0.2, -0.15) is 9.78 Å². The van der Waals surface area contributed by atoms with Crippen molar-refractivity contribution in [1.82, 2.24) is 30.0 Å². The molecule has 0 aliphatic rings. The van der Waals surface area contributed by atoms with Gasteiger partial charge in [0.1, 0.15) is 0 Å². The van der Waals surface area contributed by atoms with Gasteiger partial charge in [0.25, 0.3) is 0 Å². The summed E-state index contributed by atoms with van der Waals surface area (Å²) in [7, 11) is 0. The minimum Gasteiger partial charge on any atom is -0.381 e. The van der Waals surface area contributed by atoms with Crippen molar-refractivity contribution in [3.63, 3.8) is 0 Å². The predicted molar refractivity (Wildman–Crippen MR) is 88.4 cm³/mol. The third-order valence-corrected chi connectivity index (χ3v) is 3.54. The summed E-state index contributed by atoms with van der Waals surface area (Å²) in [6, 6.07) is 8.01. The van der Waals surface area contributed by atoms with Crippen LogP contribution in [0.1, 0.15) is 32.2 Å². The van der Waals surface area contributed by atoms with Gasteiger partial charge < -0.3 is 5.32 Å². The lowest BCUT2D eigenvalue weighted by atomic mass is 10.1. The molecular formula is C16H21N7. The van der Waals surface area contributed by atoms with E-state index < -0.39 is 0 Å². The van der Waals surface area contributed by atoms with E-state index in [-0.39, 0.29) is 5.54 Å². The highest BCUT2D eigenvalue weighted by Crippen LogP contribution is 2.17. The van der Waals surface area contributed by atoms with Crippen LogP contribution in [0.5, 0.6) is 0 Å². The van der Waals surface area contributed by atoms with Crippen LogP contribution in [-0.4, -0.2) is 30.0 Å². The van der Waals surface area contributed by atoms with Crippen molar-refractivity contribution >= 4 is 5.69 Å². The van der Waals surface area contributed by atoms with Gasteiger partial charge in [0.05, 0.1) is 17.4 Å². The molecule has 0 atom stereocenters. The number of rotatable bonds is 4. The Hall–Kier alpha value is -2.70. The van der Waals surface area contributed by atoms with Crippen molar-refractivity contribution in [2.45, 2.75) is 39.8 Å². The Kier molecular flexibility index (Phi) is 3.85. The van der Waals surface area contributed by atoms with Crippen molar-refractivity contribution in [2.75, 3.05) is 5.32 Å². The van der Waals surface area contributed by atoms with Crippen molar-refractivity contribution < 1.29 is 0 Å². The number of hydrogen-bond acceptors (Lipinski definition) is 5. The minimum absolute atomic E-state index is 0.00418. The molecule has 1 aromatic carbocycles. The van der Waals surface area contributed by atoms with Crippen LogP contribution in [0.15, 0.2) is 36.7 Å². The van der Waals surface area contributed by atoms with Crippen LogP contribution < -0.4 is 5.32 Å². The van der Waals surface area contributed by atoms with Crippen LogP contribution in [0.4, 0.5) is 5.69 Å². The molecule has 0 amide bonds. The van der Waals surface area contributed by atoms with Crippen molar-refractivity contribution in [2.24, 2.45) is 0 Å². The first-order chi connectivity index (χ1) is 10.9. The van der Waals surface area contributed by atoms with Gasteiger partial charge in [-0.05, 0) is 56.3 Å². The largest absolute Gasteiger partial charge is 0.381 e. The molecule has 2 aromatic heterocycles. The number of aromatic nitrogens is 6. The second-order valence-electron chi connectivity index (χ2n) is 6.51. The van der Waals surface area contributed by atoms with Gasteiger partial charge in [0, 0.05) is 24.0 Å². The van der Waals surface area contributed by atoms with Gasteiger partial charge in [-0.1, -0.05) is 6.07 Å². The standard InChI is InChI=1S/C16H21N7/c1-12-19-20-21-23(12)15-7-5-6-14(8-15)17-9-13-10-18-22(11-13)16(2,3)4/h5-8,10-11,17H,9H2,1-4H3. The summed E-state index contributed by atoms with van der Waals surface area (Å²) in [6.45, 7) is 8.99. The van der Waals surface area contributed by atoms with Crippen LogP contribution >= 0.6 is 0 Å². The summed E-state index contributed by atoms with van der Waals surface area (Å²) in [5.41, 5.74) is 3.09. The smallest absolute Gasteiger partial charge is 0.153 e. The summed E-state index contributed by atoms with van der Waals surface area (Å²) in [4.78, 5) is 0. The van der Waals surface area contributed by atoms with E-state index in [4.69, 9.17) is 0 Å². The SMILES string of the molecule is Cc1nnnn1-c1cccc(NCc2cnn(C(C)(C)C)c2)c1. The van der Waals surface area contributed by atoms with Crippen molar-refractivity contribution in [1.29, 1.82) is 0 Å². The molecule has 0 radical (unpaired) electrons. The Morgan fingerprint density at radius 3 is 2.70 bits per heavy atom. The van der Waals surface area contributed by atoms with Gasteiger partial charge in [0.2, 0.25) is 0 Å². The van der Waals surface area contributed by atoms with Gasteiger partial charge in [-0.3, -0.25) is 4.68 Å². The van der Waals surface area contributed by atoms with E-state index in [1.165, 1.54) is 0 Å². The zero-order valence-electron chi connectivity index (χ0n) is 13.9. The third-order valence-electron chi connectivity index (χ3n) is 3.54. The maximum atomic E-state index is 4.42. The van der Waals surface area contributed by atoms with E-state index in [2.05, 4.69) is 52.9 Å². The number of anilines is 1. The zero-order chi connectivity index (χ0) is 16.4. The highest BCUT2D eigenvalue weighted by molar-refractivity contribution is 5.51. The fraction of sp³-hybridized carbons (Fsp3) is 0.375. The first kappa shape index (κ1) is 15.2. The van der Waals surface area contributed by atoms with E-state index in [9.17, 15) is 0 Å². The molecular weight excluding hydrogens is 290 g/mol. The molecule has 3 rings (SSSR count). The summed E-state index contributed by atoms with van der Waals surface area (Å²) < 4.78 is 3.69. The zero-order valence-corrected chi connectivity index (χ0v) is 13.9. The molecule has 0 aliphatic carbocycles. The molecule has 0 saturated heterocycles. The van der Waals surface area contributed by atoms with Crippen LogP contribution in [-0.2, 0) is 12.1 Å². The molecule has 120 valence electrons. The van der Waals surface area contributed by atoms with E-state index in [1.807, 2.05) is 42.1 Å². The molecule has 0 spiro atoms. The highest BCUT2D eigenvalue weighted by Gasteiger charge is 2.13. The maximum Gasteiger partial charge on any atom is 0.153 e. The van der Waals surface area contributed by atoms with E-state index in [0.717, 1.165) is 22.8 Å². The van der Waals surface area contributed by atoms with Crippen LogP contribution in [0.3, 0.4) is 0 Å². The number of nitrogens with one attached hydrogen (secondary N) is 1. The van der Waals surface area contributed by atoms with Gasteiger partial charge in [0.15, 0.2) is 5.82 Å². The molecule has 3 aromatic rings. The molecule has 7 heteroatoms. The number of hydrogen-bond donors (Lipinski definition) is 1. The molecule has 0 bridgehead atoms. The first-order valence-corrected chi connectivity index (χ1v) is 7.57. The number of aryl methyl sites for hydroxylation is 1. The third kappa shape index (κ3) is 3.39. The Morgan fingerprint density at radius 1 is 1.22 bits per heavy atom. The van der Waals surface area contributed by atoms with Crippen molar-refractivity contribution in [3.8, 4) is 5.69 Å². The quantitative estimate of drug-likeness (QED) is 0.801. The topological polar surface area (TPSA) is 73.5 Å². The lowest BCUT2D eigenvalue weighted by Crippen LogP contribution is -2.21. The van der Waals surface area contributed by atoms with E-state index >= 15 is 0 Å². The molecule has 0 saturated carbocycles. The minimum atomic E-state index is -0.00418. The summed E-state index contributed by atoms with van der Waals surface area (Å²) in [5.74, 6) is 0.758. The Bertz CT molecular complexity index is 795. The van der Waals surface area contributed by atoms with Crippen molar-refractivity contribution in [3.05, 3.63) is 48.0 Å². The average molecular weight is 311 g/mol. The van der Waals surface area contributed by atoms with Gasteiger partial charge in [-0.25, -0.2) is 0 Å². The second-order valence-corrected chi connectivity index (χ2v) is 6.51. The maximum absolute atomic E-state index is 4.42. The molecule has 0 unspecified atom stereocenters. The summed E-state index contributed by atoms with van der Waals surface area (Å²) in [6.07, 6.45) is 3.97. The normalized spacial score (nSPS) is 11.7. The van der Waals surface area contributed by atoms with Crippen LogP contribution in [0, 0.1) is 6.92 Å². The Balaban J connectivity index is 1.72. The Labute approximate surface area is 135 Å². The van der Waals surface area contributed by atoms with E-state index in [1.54, 1.807) is 4.68 Å². The lowest BCUT2D eigenvalue weighted by Gasteiger charge is -2.18. The predicted octanol–water partition coefficient (Wildman–Crippen LogP) is 2.53. The number of nitrogens with zero attached hydrogens (tertiary/aromatic N) is 6. The molecule has 0 fully saturated rings. The van der Waals surface area contributed by atoms with Crippen LogP contribution in [0.25, 0.3) is 5.69 Å². The fourth-order valence-corrected chi connectivity index (χ4v) is 2.24.